The lowest BCUT2D eigenvalue weighted by Gasteiger charge is -2.32. The molecule has 1 saturated heterocycles. The standard InChI is InChI=1S/C16H22ClFN4O/c1-2-7-20-16(19)22-8-3-4-11(10-22)15(23)21-12-5-6-13(17)14(18)9-12/h5-6,9,11H,2-4,7-8,10H2,1H3,(H2,19,20)(H,21,23). The molecule has 1 unspecified atom stereocenters. The lowest BCUT2D eigenvalue weighted by atomic mass is 9.97. The molecule has 126 valence electrons. The Morgan fingerprint density at radius 2 is 2.35 bits per heavy atom. The number of anilines is 1. The van der Waals surface area contributed by atoms with Crippen molar-refractivity contribution in [3.63, 3.8) is 0 Å². The number of hydrogen-bond donors (Lipinski definition) is 2. The van der Waals surface area contributed by atoms with Crippen LogP contribution in [-0.4, -0.2) is 36.4 Å². The molecule has 0 aliphatic carbocycles. The number of hydrogen-bond acceptors (Lipinski definition) is 2. The van der Waals surface area contributed by atoms with Crippen molar-refractivity contribution in [3.05, 3.63) is 29.0 Å². The maximum atomic E-state index is 13.4. The number of likely N-dealkylation sites (tertiary alicyclic amines) is 1. The van der Waals surface area contributed by atoms with Gasteiger partial charge >= 0.3 is 0 Å². The van der Waals surface area contributed by atoms with Gasteiger partial charge in [-0.3, -0.25) is 9.79 Å². The van der Waals surface area contributed by atoms with Gasteiger partial charge in [-0.15, -0.1) is 0 Å². The third-order valence-corrected chi connectivity index (χ3v) is 4.11. The molecule has 0 aromatic heterocycles. The van der Waals surface area contributed by atoms with Gasteiger partial charge in [0.2, 0.25) is 5.91 Å². The number of carbonyl (C=O) groups is 1. The van der Waals surface area contributed by atoms with Crippen molar-refractivity contribution in [2.24, 2.45) is 16.6 Å². The fourth-order valence-corrected chi connectivity index (χ4v) is 2.66. The highest BCUT2D eigenvalue weighted by Crippen LogP contribution is 2.21. The Balaban J connectivity index is 1.97. The molecule has 5 nitrogen and oxygen atoms in total. The Labute approximate surface area is 140 Å². The molecule has 1 heterocycles. The molecule has 1 aromatic carbocycles. The number of benzene rings is 1. The smallest absolute Gasteiger partial charge is 0.229 e. The molecular formula is C16H22ClFN4O. The van der Waals surface area contributed by atoms with Crippen LogP contribution in [0.15, 0.2) is 23.2 Å². The molecule has 1 atom stereocenters. The lowest BCUT2D eigenvalue weighted by Crippen LogP contribution is -2.47. The van der Waals surface area contributed by atoms with Gasteiger partial charge in [0.05, 0.1) is 10.9 Å². The summed E-state index contributed by atoms with van der Waals surface area (Å²) in [5.74, 6) is -0.398. The molecule has 0 bridgehead atoms. The molecule has 0 saturated carbocycles. The highest BCUT2D eigenvalue weighted by molar-refractivity contribution is 6.30. The number of nitrogens with zero attached hydrogens (tertiary/aromatic N) is 2. The summed E-state index contributed by atoms with van der Waals surface area (Å²) >= 11 is 5.64. The van der Waals surface area contributed by atoms with E-state index in [0.29, 0.717) is 24.7 Å². The third kappa shape index (κ3) is 4.82. The maximum Gasteiger partial charge on any atom is 0.229 e. The molecule has 1 fully saturated rings. The van der Waals surface area contributed by atoms with Crippen molar-refractivity contribution < 1.29 is 9.18 Å². The minimum absolute atomic E-state index is 0.0340. The summed E-state index contributed by atoms with van der Waals surface area (Å²) in [5.41, 5.74) is 6.37. The molecule has 3 N–H and O–H groups in total. The Kier molecular flexibility index (Phi) is 6.21. The number of rotatable bonds is 4. The van der Waals surface area contributed by atoms with Crippen LogP contribution >= 0.6 is 11.6 Å². The van der Waals surface area contributed by atoms with E-state index < -0.39 is 5.82 Å². The van der Waals surface area contributed by atoms with E-state index >= 15 is 0 Å². The molecule has 0 radical (unpaired) electrons. The van der Waals surface area contributed by atoms with Gasteiger partial charge in [0.15, 0.2) is 5.96 Å². The molecule has 1 aliphatic rings. The van der Waals surface area contributed by atoms with Gasteiger partial charge < -0.3 is 16.0 Å². The number of guanidine groups is 1. The fourth-order valence-electron chi connectivity index (χ4n) is 2.54. The van der Waals surface area contributed by atoms with Crippen LogP contribution in [0.1, 0.15) is 26.2 Å². The van der Waals surface area contributed by atoms with Crippen LogP contribution in [0.4, 0.5) is 10.1 Å². The fraction of sp³-hybridized carbons (Fsp3) is 0.500. The predicted molar refractivity (Wildman–Crippen MR) is 91.1 cm³/mol. The molecule has 1 aliphatic heterocycles. The minimum atomic E-state index is -0.550. The number of piperidine rings is 1. The summed E-state index contributed by atoms with van der Waals surface area (Å²) in [4.78, 5) is 18.6. The second kappa shape index (κ2) is 8.15. The summed E-state index contributed by atoms with van der Waals surface area (Å²) < 4.78 is 13.4. The van der Waals surface area contributed by atoms with Gasteiger partial charge in [-0.25, -0.2) is 4.39 Å². The molecule has 1 amide bonds. The quantitative estimate of drug-likeness (QED) is 0.654. The number of amides is 1. The van der Waals surface area contributed by atoms with Crippen LogP contribution in [0, 0.1) is 11.7 Å². The number of nitrogens with two attached hydrogens (primary N) is 1. The highest BCUT2D eigenvalue weighted by Gasteiger charge is 2.26. The first kappa shape index (κ1) is 17.5. The first-order chi connectivity index (χ1) is 11.0. The zero-order valence-electron chi connectivity index (χ0n) is 13.2. The number of halogens is 2. The summed E-state index contributed by atoms with van der Waals surface area (Å²) in [6.07, 6.45) is 2.58. The van der Waals surface area contributed by atoms with E-state index in [1.165, 1.54) is 12.1 Å². The van der Waals surface area contributed by atoms with Gasteiger partial charge in [-0.05, 0) is 37.5 Å². The Hall–Kier alpha value is -1.82. The molecule has 0 spiro atoms. The van der Waals surface area contributed by atoms with Gasteiger partial charge in [0.25, 0.3) is 0 Å². The average molecular weight is 341 g/mol. The van der Waals surface area contributed by atoms with E-state index in [9.17, 15) is 9.18 Å². The number of nitrogens with one attached hydrogen (secondary N) is 1. The average Bonchev–Trinajstić information content (AvgIpc) is 2.56. The Bertz CT molecular complexity index is 593. The second-order valence-electron chi connectivity index (χ2n) is 5.64. The van der Waals surface area contributed by atoms with Crippen molar-refractivity contribution in [2.75, 3.05) is 25.0 Å². The topological polar surface area (TPSA) is 70.7 Å². The normalized spacial score (nSPS) is 18.8. The zero-order chi connectivity index (χ0) is 16.8. The van der Waals surface area contributed by atoms with Crippen molar-refractivity contribution >= 4 is 29.2 Å². The van der Waals surface area contributed by atoms with E-state index in [2.05, 4.69) is 10.3 Å². The summed E-state index contributed by atoms with van der Waals surface area (Å²) in [5, 5.41) is 2.77. The second-order valence-corrected chi connectivity index (χ2v) is 6.05. The van der Waals surface area contributed by atoms with Gasteiger partial charge in [-0.1, -0.05) is 18.5 Å². The maximum absolute atomic E-state index is 13.4. The first-order valence-electron chi connectivity index (χ1n) is 7.82. The summed E-state index contributed by atoms with van der Waals surface area (Å²) in [6, 6.07) is 4.23. The van der Waals surface area contributed by atoms with E-state index in [4.69, 9.17) is 17.3 Å². The molecule has 2 rings (SSSR count). The van der Waals surface area contributed by atoms with Gasteiger partial charge in [-0.2, -0.15) is 0 Å². The lowest BCUT2D eigenvalue weighted by molar-refractivity contribution is -0.121. The molecule has 1 aromatic rings. The number of aliphatic imine (C=N–C) groups is 1. The van der Waals surface area contributed by atoms with E-state index in [1.54, 1.807) is 6.07 Å². The van der Waals surface area contributed by atoms with E-state index in [-0.39, 0.29) is 16.8 Å². The van der Waals surface area contributed by atoms with Gasteiger partial charge in [0, 0.05) is 25.3 Å². The summed E-state index contributed by atoms with van der Waals surface area (Å²) in [6.45, 7) is 4.05. The zero-order valence-corrected chi connectivity index (χ0v) is 13.9. The van der Waals surface area contributed by atoms with Crippen LogP contribution in [0.25, 0.3) is 0 Å². The third-order valence-electron chi connectivity index (χ3n) is 3.80. The largest absolute Gasteiger partial charge is 0.370 e. The number of carbonyl (C=O) groups excluding carboxylic acids is 1. The van der Waals surface area contributed by atoms with E-state index in [1.807, 2.05) is 11.8 Å². The van der Waals surface area contributed by atoms with Crippen molar-refractivity contribution in [1.29, 1.82) is 0 Å². The van der Waals surface area contributed by atoms with Crippen LogP contribution in [0.3, 0.4) is 0 Å². The van der Waals surface area contributed by atoms with Crippen molar-refractivity contribution in [2.45, 2.75) is 26.2 Å². The van der Waals surface area contributed by atoms with Crippen molar-refractivity contribution in [3.8, 4) is 0 Å². The first-order valence-corrected chi connectivity index (χ1v) is 8.19. The van der Waals surface area contributed by atoms with Crippen LogP contribution in [0.2, 0.25) is 5.02 Å². The molecule has 7 heteroatoms. The predicted octanol–water partition coefficient (Wildman–Crippen LogP) is 2.85. The SMILES string of the molecule is CCCN=C(N)N1CCCC(C(=O)Nc2ccc(Cl)c(F)c2)C1. The van der Waals surface area contributed by atoms with Crippen molar-refractivity contribution in [1.82, 2.24) is 4.90 Å². The van der Waals surface area contributed by atoms with E-state index in [0.717, 1.165) is 25.8 Å². The van der Waals surface area contributed by atoms with Crippen LogP contribution in [-0.2, 0) is 4.79 Å². The monoisotopic (exact) mass is 340 g/mol. The minimum Gasteiger partial charge on any atom is -0.370 e. The Morgan fingerprint density at radius 1 is 1.57 bits per heavy atom. The van der Waals surface area contributed by atoms with Crippen LogP contribution in [0.5, 0.6) is 0 Å². The summed E-state index contributed by atoms with van der Waals surface area (Å²) in [7, 11) is 0. The van der Waals surface area contributed by atoms with Crippen LogP contribution < -0.4 is 11.1 Å². The molecule has 23 heavy (non-hydrogen) atoms. The molecular weight excluding hydrogens is 319 g/mol. The Morgan fingerprint density at radius 3 is 3.04 bits per heavy atom. The highest BCUT2D eigenvalue weighted by atomic mass is 35.5. The van der Waals surface area contributed by atoms with Gasteiger partial charge in [0.1, 0.15) is 5.82 Å².